The molecule has 2 aromatic rings. The first-order chi connectivity index (χ1) is 7.20. The molecular weight excluding hydrogens is 279 g/mol. The molecule has 0 saturated heterocycles. The zero-order chi connectivity index (χ0) is 10.8. The molecule has 1 N–H and O–H groups in total. The molecule has 0 saturated carbocycles. The molecule has 0 atom stereocenters. The lowest BCUT2D eigenvalue weighted by atomic mass is 10.2. The molecule has 15 heavy (non-hydrogen) atoms. The van der Waals surface area contributed by atoms with E-state index >= 15 is 0 Å². The van der Waals surface area contributed by atoms with E-state index in [1.165, 1.54) is 0 Å². The summed E-state index contributed by atoms with van der Waals surface area (Å²) in [5.41, 5.74) is 0.811. The van der Waals surface area contributed by atoms with Gasteiger partial charge in [0.25, 0.3) is 0 Å². The van der Waals surface area contributed by atoms with Crippen molar-refractivity contribution in [1.82, 2.24) is 0 Å². The van der Waals surface area contributed by atoms with E-state index in [4.69, 9.17) is 21.1 Å². The van der Waals surface area contributed by atoms with Crippen LogP contribution >= 0.6 is 27.5 Å². The maximum Gasteiger partial charge on any atom is 0.135 e. The summed E-state index contributed by atoms with van der Waals surface area (Å²) in [5, 5.41) is 9.51. The van der Waals surface area contributed by atoms with Crippen molar-refractivity contribution in [3.63, 3.8) is 0 Å². The van der Waals surface area contributed by atoms with Crippen LogP contribution < -0.4 is 0 Å². The first kappa shape index (κ1) is 10.7. The van der Waals surface area contributed by atoms with Crippen LogP contribution in [0.3, 0.4) is 0 Å². The van der Waals surface area contributed by atoms with Gasteiger partial charge in [-0.25, -0.2) is 0 Å². The van der Waals surface area contributed by atoms with Crippen LogP contribution in [-0.2, 0) is 6.61 Å². The number of furan rings is 1. The minimum absolute atomic E-state index is 0.106. The number of benzene rings is 1. The lowest BCUT2D eigenvalue weighted by Gasteiger charge is -2.01. The van der Waals surface area contributed by atoms with Crippen LogP contribution in [0.25, 0.3) is 11.3 Å². The highest BCUT2D eigenvalue weighted by atomic mass is 79.9. The summed E-state index contributed by atoms with van der Waals surface area (Å²) in [6.45, 7) is -0.106. The third kappa shape index (κ3) is 2.25. The molecule has 0 aliphatic carbocycles. The normalized spacial score (nSPS) is 10.6. The SMILES string of the molecule is OCc1ccc(-c2cc(Br)ccc2Cl)o1. The lowest BCUT2D eigenvalue weighted by Crippen LogP contribution is -1.78. The van der Waals surface area contributed by atoms with Crippen LogP contribution in [0.1, 0.15) is 5.76 Å². The van der Waals surface area contributed by atoms with Crippen molar-refractivity contribution in [2.45, 2.75) is 6.61 Å². The van der Waals surface area contributed by atoms with Gasteiger partial charge in [0.15, 0.2) is 0 Å². The zero-order valence-corrected chi connectivity index (χ0v) is 10.0. The summed E-state index contributed by atoms with van der Waals surface area (Å²) in [7, 11) is 0. The monoisotopic (exact) mass is 286 g/mol. The number of halogens is 2. The van der Waals surface area contributed by atoms with Gasteiger partial charge in [0.1, 0.15) is 18.1 Å². The summed E-state index contributed by atoms with van der Waals surface area (Å²) in [6.07, 6.45) is 0. The van der Waals surface area contributed by atoms with Crippen LogP contribution in [0.2, 0.25) is 5.02 Å². The van der Waals surface area contributed by atoms with E-state index in [0.29, 0.717) is 16.5 Å². The van der Waals surface area contributed by atoms with Crippen molar-refractivity contribution in [3.8, 4) is 11.3 Å². The zero-order valence-electron chi connectivity index (χ0n) is 7.71. The molecule has 2 rings (SSSR count). The second-order valence-electron chi connectivity index (χ2n) is 3.05. The fourth-order valence-corrected chi connectivity index (χ4v) is 1.87. The maximum atomic E-state index is 8.89. The van der Waals surface area contributed by atoms with Gasteiger partial charge in [-0.1, -0.05) is 27.5 Å². The smallest absolute Gasteiger partial charge is 0.135 e. The Kier molecular flexibility index (Phi) is 3.14. The average Bonchev–Trinajstić information content (AvgIpc) is 2.70. The molecule has 78 valence electrons. The van der Waals surface area contributed by atoms with E-state index in [0.717, 1.165) is 10.0 Å². The Balaban J connectivity index is 2.48. The fourth-order valence-electron chi connectivity index (χ4n) is 1.29. The van der Waals surface area contributed by atoms with E-state index in [1.54, 1.807) is 18.2 Å². The molecule has 1 aromatic carbocycles. The summed E-state index contributed by atoms with van der Waals surface area (Å²) >= 11 is 9.41. The molecule has 4 heteroatoms. The van der Waals surface area contributed by atoms with Crippen molar-refractivity contribution in [1.29, 1.82) is 0 Å². The molecular formula is C11H8BrClO2. The van der Waals surface area contributed by atoms with Gasteiger partial charge in [-0.2, -0.15) is 0 Å². The molecule has 0 unspecified atom stereocenters. The van der Waals surface area contributed by atoms with Crippen molar-refractivity contribution in [2.75, 3.05) is 0 Å². The Morgan fingerprint density at radius 2 is 2.07 bits per heavy atom. The Hall–Kier alpha value is -0.770. The van der Waals surface area contributed by atoms with Gasteiger partial charge in [0.2, 0.25) is 0 Å². The lowest BCUT2D eigenvalue weighted by molar-refractivity contribution is 0.248. The quantitative estimate of drug-likeness (QED) is 0.910. The van der Waals surface area contributed by atoms with Crippen molar-refractivity contribution >= 4 is 27.5 Å². The Bertz CT molecular complexity index is 479. The predicted octanol–water partition coefficient (Wildman–Crippen LogP) is 3.85. The molecule has 0 aliphatic heterocycles. The van der Waals surface area contributed by atoms with Gasteiger partial charge in [-0.05, 0) is 30.3 Å². The molecule has 0 amide bonds. The summed E-state index contributed by atoms with van der Waals surface area (Å²) in [6, 6.07) is 9.05. The van der Waals surface area contributed by atoms with Crippen LogP contribution in [0.15, 0.2) is 39.2 Å². The Morgan fingerprint density at radius 3 is 2.73 bits per heavy atom. The Labute approximate surface area is 101 Å². The number of hydrogen-bond donors (Lipinski definition) is 1. The summed E-state index contributed by atoms with van der Waals surface area (Å²) < 4.78 is 6.33. The maximum absolute atomic E-state index is 8.89. The molecule has 0 bridgehead atoms. The minimum Gasteiger partial charge on any atom is -0.459 e. The number of rotatable bonds is 2. The van der Waals surface area contributed by atoms with Crippen molar-refractivity contribution in [2.24, 2.45) is 0 Å². The van der Waals surface area contributed by atoms with Crippen molar-refractivity contribution in [3.05, 3.63) is 45.6 Å². The van der Waals surface area contributed by atoms with Gasteiger partial charge in [-0.3, -0.25) is 0 Å². The minimum atomic E-state index is -0.106. The van der Waals surface area contributed by atoms with Gasteiger partial charge in [0, 0.05) is 10.0 Å². The van der Waals surface area contributed by atoms with E-state index in [2.05, 4.69) is 15.9 Å². The number of hydrogen-bond acceptors (Lipinski definition) is 2. The van der Waals surface area contributed by atoms with E-state index < -0.39 is 0 Å². The van der Waals surface area contributed by atoms with Crippen LogP contribution in [-0.4, -0.2) is 5.11 Å². The van der Waals surface area contributed by atoms with Crippen LogP contribution in [0.5, 0.6) is 0 Å². The molecule has 1 heterocycles. The largest absolute Gasteiger partial charge is 0.459 e. The topological polar surface area (TPSA) is 33.4 Å². The fraction of sp³-hybridized carbons (Fsp3) is 0.0909. The molecule has 0 fully saturated rings. The average molecular weight is 288 g/mol. The number of aliphatic hydroxyl groups excluding tert-OH is 1. The second-order valence-corrected chi connectivity index (χ2v) is 4.37. The summed E-state index contributed by atoms with van der Waals surface area (Å²) in [4.78, 5) is 0. The second kappa shape index (κ2) is 4.39. The molecule has 0 radical (unpaired) electrons. The highest BCUT2D eigenvalue weighted by Gasteiger charge is 2.08. The number of aliphatic hydroxyl groups is 1. The molecule has 1 aromatic heterocycles. The highest BCUT2D eigenvalue weighted by molar-refractivity contribution is 9.10. The highest BCUT2D eigenvalue weighted by Crippen LogP contribution is 2.31. The van der Waals surface area contributed by atoms with Crippen molar-refractivity contribution < 1.29 is 9.52 Å². The predicted molar refractivity (Wildman–Crippen MR) is 62.8 cm³/mol. The van der Waals surface area contributed by atoms with Crippen LogP contribution in [0.4, 0.5) is 0 Å². The van der Waals surface area contributed by atoms with Gasteiger partial charge >= 0.3 is 0 Å². The third-order valence-corrected chi connectivity index (χ3v) is 2.83. The molecule has 2 nitrogen and oxygen atoms in total. The van der Waals surface area contributed by atoms with Gasteiger partial charge < -0.3 is 9.52 Å². The standard InChI is InChI=1S/C11H8BrClO2/c12-7-1-3-10(13)9(5-7)11-4-2-8(6-14)15-11/h1-5,14H,6H2. The summed E-state index contributed by atoms with van der Waals surface area (Å²) in [5.74, 6) is 1.19. The molecule has 0 aliphatic rings. The van der Waals surface area contributed by atoms with E-state index in [-0.39, 0.29) is 6.61 Å². The van der Waals surface area contributed by atoms with Gasteiger partial charge in [-0.15, -0.1) is 0 Å². The van der Waals surface area contributed by atoms with E-state index in [9.17, 15) is 0 Å². The van der Waals surface area contributed by atoms with E-state index in [1.807, 2.05) is 12.1 Å². The first-order valence-electron chi connectivity index (χ1n) is 4.35. The third-order valence-electron chi connectivity index (χ3n) is 2.01. The molecule has 0 spiro atoms. The van der Waals surface area contributed by atoms with Gasteiger partial charge in [0.05, 0.1) is 5.02 Å². The first-order valence-corrected chi connectivity index (χ1v) is 5.53. The van der Waals surface area contributed by atoms with Crippen LogP contribution in [0, 0.1) is 0 Å². The Morgan fingerprint density at radius 1 is 1.27 bits per heavy atom.